The molecule has 1 aliphatic rings. The molecule has 0 saturated carbocycles. The molecule has 2 heterocycles. The van der Waals surface area contributed by atoms with Crippen LogP contribution in [0, 0.1) is 0 Å². The van der Waals surface area contributed by atoms with Crippen LogP contribution in [0.5, 0.6) is 0 Å². The van der Waals surface area contributed by atoms with E-state index in [1.807, 2.05) is 23.1 Å². The van der Waals surface area contributed by atoms with E-state index in [2.05, 4.69) is 22.8 Å². The van der Waals surface area contributed by atoms with Gasteiger partial charge < -0.3 is 5.32 Å². The predicted octanol–water partition coefficient (Wildman–Crippen LogP) is 3.62. The lowest BCUT2D eigenvalue weighted by Crippen LogP contribution is -2.22. The highest BCUT2D eigenvalue weighted by atomic mass is 32.2. The SMILES string of the molecule is CC(=O)NCCc1csc2ccc3c(c12)CCCS3. The highest BCUT2D eigenvalue weighted by Crippen LogP contribution is 2.39. The molecule has 1 aliphatic heterocycles. The van der Waals surface area contributed by atoms with Gasteiger partial charge in [-0.25, -0.2) is 0 Å². The van der Waals surface area contributed by atoms with Crippen molar-refractivity contribution in [3.05, 3.63) is 28.6 Å². The summed E-state index contributed by atoms with van der Waals surface area (Å²) in [5.41, 5.74) is 2.93. The Hall–Kier alpha value is -1.00. The number of aryl methyl sites for hydroxylation is 1. The van der Waals surface area contributed by atoms with Gasteiger partial charge in [0, 0.05) is 28.5 Å². The second-order valence-electron chi connectivity index (χ2n) is 4.86. The zero-order chi connectivity index (χ0) is 13.2. The molecule has 2 aromatic rings. The van der Waals surface area contributed by atoms with Gasteiger partial charge in [-0.3, -0.25) is 4.79 Å². The third-order valence-corrected chi connectivity index (χ3v) is 5.66. The second kappa shape index (κ2) is 5.55. The average molecular weight is 291 g/mol. The Labute approximate surface area is 121 Å². The Kier molecular flexibility index (Phi) is 3.80. The molecule has 1 aromatic carbocycles. The molecule has 0 bridgehead atoms. The monoisotopic (exact) mass is 291 g/mol. The molecule has 2 nitrogen and oxygen atoms in total. The van der Waals surface area contributed by atoms with E-state index in [0.29, 0.717) is 0 Å². The van der Waals surface area contributed by atoms with Crippen molar-refractivity contribution in [3.8, 4) is 0 Å². The first kappa shape index (κ1) is 13.0. The summed E-state index contributed by atoms with van der Waals surface area (Å²) < 4.78 is 1.39. The highest BCUT2D eigenvalue weighted by Gasteiger charge is 2.16. The number of nitrogens with one attached hydrogen (secondary N) is 1. The predicted molar refractivity (Wildman–Crippen MR) is 83.3 cm³/mol. The summed E-state index contributed by atoms with van der Waals surface area (Å²) in [4.78, 5) is 12.4. The van der Waals surface area contributed by atoms with Crippen LogP contribution in [0.4, 0.5) is 0 Å². The van der Waals surface area contributed by atoms with Crippen molar-refractivity contribution in [1.29, 1.82) is 0 Å². The molecule has 0 radical (unpaired) electrons. The van der Waals surface area contributed by atoms with Gasteiger partial charge in [-0.1, -0.05) is 0 Å². The van der Waals surface area contributed by atoms with E-state index < -0.39 is 0 Å². The number of hydrogen-bond acceptors (Lipinski definition) is 3. The summed E-state index contributed by atoms with van der Waals surface area (Å²) >= 11 is 3.80. The van der Waals surface area contributed by atoms with Gasteiger partial charge in [0.15, 0.2) is 0 Å². The van der Waals surface area contributed by atoms with E-state index in [4.69, 9.17) is 0 Å². The highest BCUT2D eigenvalue weighted by molar-refractivity contribution is 7.99. The summed E-state index contributed by atoms with van der Waals surface area (Å²) in [5.74, 6) is 1.29. The number of amides is 1. The fraction of sp³-hybridized carbons (Fsp3) is 0.400. The lowest BCUT2D eigenvalue weighted by molar-refractivity contribution is -0.118. The van der Waals surface area contributed by atoms with Gasteiger partial charge in [-0.2, -0.15) is 0 Å². The second-order valence-corrected chi connectivity index (χ2v) is 6.91. The Morgan fingerprint density at radius 2 is 2.32 bits per heavy atom. The van der Waals surface area contributed by atoms with Crippen LogP contribution in [-0.2, 0) is 17.6 Å². The number of fused-ring (bicyclic) bond motifs is 3. The maximum atomic E-state index is 11.0. The average Bonchev–Trinajstić information content (AvgIpc) is 2.82. The van der Waals surface area contributed by atoms with Crippen LogP contribution in [0.2, 0.25) is 0 Å². The summed E-state index contributed by atoms with van der Waals surface area (Å²) in [6.45, 7) is 2.31. The van der Waals surface area contributed by atoms with Gasteiger partial charge in [0.05, 0.1) is 0 Å². The minimum atomic E-state index is 0.0529. The Morgan fingerprint density at radius 1 is 1.42 bits per heavy atom. The van der Waals surface area contributed by atoms with Gasteiger partial charge in [-0.15, -0.1) is 23.1 Å². The normalized spacial score (nSPS) is 14.4. The van der Waals surface area contributed by atoms with Crippen molar-refractivity contribution in [2.24, 2.45) is 0 Å². The van der Waals surface area contributed by atoms with Gasteiger partial charge in [0.25, 0.3) is 0 Å². The molecule has 4 heteroatoms. The maximum absolute atomic E-state index is 11.0. The molecule has 0 atom stereocenters. The first-order chi connectivity index (χ1) is 9.25. The molecule has 1 amide bonds. The molecule has 3 rings (SSSR count). The van der Waals surface area contributed by atoms with Crippen molar-refractivity contribution in [2.75, 3.05) is 12.3 Å². The smallest absolute Gasteiger partial charge is 0.216 e. The Balaban J connectivity index is 1.94. The molecule has 0 saturated heterocycles. The van der Waals surface area contributed by atoms with E-state index in [1.54, 1.807) is 6.92 Å². The van der Waals surface area contributed by atoms with Crippen LogP contribution in [0.1, 0.15) is 24.5 Å². The van der Waals surface area contributed by atoms with Crippen LogP contribution in [0.15, 0.2) is 22.4 Å². The molecular formula is C15H17NOS2. The van der Waals surface area contributed by atoms with Crippen molar-refractivity contribution in [3.63, 3.8) is 0 Å². The molecule has 0 unspecified atom stereocenters. The number of benzene rings is 1. The third kappa shape index (κ3) is 2.65. The van der Waals surface area contributed by atoms with Crippen molar-refractivity contribution in [2.45, 2.75) is 31.1 Å². The first-order valence-corrected chi connectivity index (χ1v) is 8.51. The number of thioether (sulfide) groups is 1. The molecule has 100 valence electrons. The third-order valence-electron chi connectivity index (χ3n) is 3.48. The number of hydrogen-bond donors (Lipinski definition) is 1. The first-order valence-electron chi connectivity index (χ1n) is 6.65. The standard InChI is InChI=1S/C15H17NOS2/c1-10(17)16-7-6-11-9-19-14-5-4-13-12(15(11)14)3-2-8-18-13/h4-5,9H,2-3,6-8H2,1H3,(H,16,17). The van der Waals surface area contributed by atoms with E-state index >= 15 is 0 Å². The largest absolute Gasteiger partial charge is 0.356 e. The van der Waals surface area contributed by atoms with Gasteiger partial charge in [0.2, 0.25) is 5.91 Å². The molecule has 0 fully saturated rings. The van der Waals surface area contributed by atoms with E-state index in [0.717, 1.165) is 13.0 Å². The maximum Gasteiger partial charge on any atom is 0.216 e. The minimum absolute atomic E-state index is 0.0529. The molecule has 1 N–H and O–H groups in total. The van der Waals surface area contributed by atoms with Gasteiger partial charge in [-0.05, 0) is 53.7 Å². The zero-order valence-electron chi connectivity index (χ0n) is 11.0. The summed E-state index contributed by atoms with van der Waals surface area (Å²) in [5, 5.41) is 6.60. The fourth-order valence-corrected chi connectivity index (χ4v) is 4.70. The fourth-order valence-electron chi connectivity index (χ4n) is 2.62. The molecule has 19 heavy (non-hydrogen) atoms. The number of carbonyl (C=O) groups is 1. The van der Waals surface area contributed by atoms with Crippen LogP contribution in [-0.4, -0.2) is 18.2 Å². The minimum Gasteiger partial charge on any atom is -0.356 e. The molecular weight excluding hydrogens is 274 g/mol. The van der Waals surface area contributed by atoms with E-state index in [9.17, 15) is 4.79 Å². The van der Waals surface area contributed by atoms with Crippen molar-refractivity contribution < 1.29 is 4.79 Å². The van der Waals surface area contributed by atoms with Gasteiger partial charge in [0.1, 0.15) is 0 Å². The lowest BCUT2D eigenvalue weighted by Gasteiger charge is -2.17. The van der Waals surface area contributed by atoms with Crippen molar-refractivity contribution in [1.82, 2.24) is 5.32 Å². The quantitative estimate of drug-likeness (QED) is 0.936. The number of carbonyl (C=O) groups excluding carboxylic acids is 1. The van der Waals surface area contributed by atoms with Crippen LogP contribution < -0.4 is 5.32 Å². The topological polar surface area (TPSA) is 29.1 Å². The summed E-state index contributed by atoms with van der Waals surface area (Å²) in [6.07, 6.45) is 3.40. The zero-order valence-corrected chi connectivity index (χ0v) is 12.6. The Morgan fingerprint density at radius 3 is 3.16 bits per heavy atom. The van der Waals surface area contributed by atoms with Gasteiger partial charge >= 0.3 is 0 Å². The van der Waals surface area contributed by atoms with E-state index in [1.165, 1.54) is 44.7 Å². The van der Waals surface area contributed by atoms with Crippen molar-refractivity contribution >= 4 is 39.1 Å². The summed E-state index contributed by atoms with van der Waals surface area (Å²) in [7, 11) is 0. The Bertz CT molecular complexity index is 618. The van der Waals surface area contributed by atoms with E-state index in [-0.39, 0.29) is 5.91 Å². The molecule has 0 aliphatic carbocycles. The van der Waals surface area contributed by atoms with Crippen LogP contribution in [0.25, 0.3) is 10.1 Å². The van der Waals surface area contributed by atoms with Crippen LogP contribution in [0.3, 0.4) is 0 Å². The van der Waals surface area contributed by atoms with Crippen LogP contribution >= 0.6 is 23.1 Å². The molecule has 0 spiro atoms. The lowest BCUT2D eigenvalue weighted by atomic mass is 10.0. The summed E-state index contributed by atoms with van der Waals surface area (Å²) in [6, 6.07) is 4.52. The number of rotatable bonds is 3. The molecule has 1 aromatic heterocycles. The number of thiophene rings is 1.